The SMILES string of the molecule is O=C1NC2CCN(C2)C1=O. The number of piperazine rings is 1. The maximum Gasteiger partial charge on any atom is 0.311 e. The van der Waals surface area contributed by atoms with Crippen molar-refractivity contribution in [1.82, 2.24) is 10.2 Å². The molecule has 4 nitrogen and oxygen atoms in total. The molecule has 1 N–H and O–H groups in total. The standard InChI is InChI=1S/C6H8N2O2/c9-5-6(10)8-2-1-4(3-8)7-5/h4H,1-3H2,(H,7,9). The maximum atomic E-state index is 10.9. The van der Waals surface area contributed by atoms with Crippen LogP contribution >= 0.6 is 0 Å². The molecule has 0 spiro atoms. The zero-order valence-electron chi connectivity index (χ0n) is 5.46. The number of nitrogens with zero attached hydrogens (tertiary/aromatic N) is 1. The summed E-state index contributed by atoms with van der Waals surface area (Å²) in [5.41, 5.74) is 0. The molecule has 10 heavy (non-hydrogen) atoms. The highest BCUT2D eigenvalue weighted by Gasteiger charge is 2.36. The quantitative estimate of drug-likeness (QED) is 0.426. The Balaban J connectivity index is 2.24. The van der Waals surface area contributed by atoms with Crippen molar-refractivity contribution >= 4 is 11.8 Å². The van der Waals surface area contributed by atoms with Gasteiger partial charge in [0.15, 0.2) is 0 Å². The Labute approximate surface area is 58.2 Å². The van der Waals surface area contributed by atoms with Gasteiger partial charge in [-0.15, -0.1) is 0 Å². The average Bonchev–Trinajstić information content (AvgIpc) is 2.29. The van der Waals surface area contributed by atoms with Gasteiger partial charge in [-0.2, -0.15) is 0 Å². The van der Waals surface area contributed by atoms with E-state index in [1.807, 2.05) is 0 Å². The molecular weight excluding hydrogens is 132 g/mol. The highest BCUT2D eigenvalue weighted by Crippen LogP contribution is 2.13. The van der Waals surface area contributed by atoms with Crippen LogP contribution in [0.3, 0.4) is 0 Å². The van der Waals surface area contributed by atoms with Crippen molar-refractivity contribution < 1.29 is 9.59 Å². The number of hydrogen-bond acceptors (Lipinski definition) is 2. The first-order chi connectivity index (χ1) is 4.77. The molecule has 2 rings (SSSR count). The summed E-state index contributed by atoms with van der Waals surface area (Å²) in [6.45, 7) is 1.45. The topological polar surface area (TPSA) is 49.4 Å². The van der Waals surface area contributed by atoms with E-state index in [0.717, 1.165) is 13.0 Å². The molecule has 2 saturated heterocycles. The number of carbonyl (C=O) groups is 2. The highest BCUT2D eigenvalue weighted by molar-refractivity contribution is 6.35. The van der Waals surface area contributed by atoms with Crippen LogP contribution in [0.25, 0.3) is 0 Å². The Morgan fingerprint density at radius 1 is 1.50 bits per heavy atom. The van der Waals surface area contributed by atoms with E-state index < -0.39 is 5.91 Å². The van der Waals surface area contributed by atoms with Crippen molar-refractivity contribution in [1.29, 1.82) is 0 Å². The lowest BCUT2D eigenvalue weighted by Gasteiger charge is -2.21. The molecule has 0 aromatic rings. The first kappa shape index (κ1) is 5.70. The molecule has 0 saturated carbocycles. The molecule has 2 aliphatic heterocycles. The number of carbonyl (C=O) groups excluding carboxylic acids is 2. The molecule has 2 heterocycles. The van der Waals surface area contributed by atoms with E-state index in [1.165, 1.54) is 0 Å². The van der Waals surface area contributed by atoms with Crippen molar-refractivity contribution in [2.45, 2.75) is 12.5 Å². The summed E-state index contributed by atoms with van der Waals surface area (Å²) in [6.07, 6.45) is 0.914. The molecule has 0 aromatic carbocycles. The molecule has 2 aliphatic rings. The molecule has 4 heteroatoms. The van der Waals surface area contributed by atoms with Crippen molar-refractivity contribution in [3.63, 3.8) is 0 Å². The number of fused-ring (bicyclic) bond motifs is 2. The Morgan fingerprint density at radius 2 is 2.30 bits per heavy atom. The van der Waals surface area contributed by atoms with Crippen molar-refractivity contribution in [3.05, 3.63) is 0 Å². The third-order valence-corrected chi connectivity index (χ3v) is 2.00. The predicted octanol–water partition coefficient (Wildman–Crippen LogP) is -1.28. The van der Waals surface area contributed by atoms with Crippen LogP contribution in [0.15, 0.2) is 0 Å². The van der Waals surface area contributed by atoms with Gasteiger partial charge in [0.1, 0.15) is 0 Å². The van der Waals surface area contributed by atoms with Crippen molar-refractivity contribution in [2.24, 2.45) is 0 Å². The van der Waals surface area contributed by atoms with Crippen molar-refractivity contribution in [3.8, 4) is 0 Å². The van der Waals surface area contributed by atoms with E-state index in [0.29, 0.717) is 6.54 Å². The van der Waals surface area contributed by atoms with Crippen LogP contribution in [0.5, 0.6) is 0 Å². The number of amides is 2. The van der Waals surface area contributed by atoms with Crippen LogP contribution in [0.1, 0.15) is 6.42 Å². The van der Waals surface area contributed by atoms with Gasteiger partial charge in [-0.1, -0.05) is 0 Å². The second-order valence-electron chi connectivity index (χ2n) is 2.71. The lowest BCUT2D eigenvalue weighted by molar-refractivity contribution is -0.147. The van der Waals surface area contributed by atoms with Crippen LogP contribution in [-0.4, -0.2) is 35.8 Å². The van der Waals surface area contributed by atoms with E-state index >= 15 is 0 Å². The lowest BCUT2D eigenvalue weighted by atomic mass is 10.2. The molecule has 1 atom stereocenters. The summed E-state index contributed by atoms with van der Waals surface area (Å²) in [4.78, 5) is 23.3. The Kier molecular flexibility index (Phi) is 0.977. The summed E-state index contributed by atoms with van der Waals surface area (Å²) in [6, 6.07) is 0.227. The smallest absolute Gasteiger partial charge is 0.311 e. The van der Waals surface area contributed by atoms with Crippen LogP contribution in [0.4, 0.5) is 0 Å². The zero-order valence-corrected chi connectivity index (χ0v) is 5.46. The number of nitrogens with one attached hydrogen (secondary N) is 1. The minimum atomic E-state index is -0.436. The molecule has 2 bridgehead atoms. The summed E-state index contributed by atoms with van der Waals surface area (Å²) < 4.78 is 0. The Bertz CT molecular complexity index is 202. The molecule has 54 valence electrons. The largest absolute Gasteiger partial charge is 0.343 e. The second kappa shape index (κ2) is 1.71. The van der Waals surface area contributed by atoms with Gasteiger partial charge in [-0.25, -0.2) is 0 Å². The first-order valence-electron chi connectivity index (χ1n) is 3.37. The number of hydrogen-bond donors (Lipinski definition) is 1. The number of rotatable bonds is 0. The molecule has 2 amide bonds. The monoisotopic (exact) mass is 140 g/mol. The van der Waals surface area contributed by atoms with Crippen LogP contribution in [0, 0.1) is 0 Å². The third-order valence-electron chi connectivity index (χ3n) is 2.00. The van der Waals surface area contributed by atoms with Gasteiger partial charge >= 0.3 is 11.8 Å². The molecule has 2 fully saturated rings. The van der Waals surface area contributed by atoms with Gasteiger partial charge < -0.3 is 10.2 Å². The molecule has 0 aliphatic carbocycles. The van der Waals surface area contributed by atoms with E-state index in [1.54, 1.807) is 4.90 Å². The van der Waals surface area contributed by atoms with Crippen LogP contribution in [0.2, 0.25) is 0 Å². The summed E-state index contributed by atoms with van der Waals surface area (Å²) in [7, 11) is 0. The highest BCUT2D eigenvalue weighted by atomic mass is 16.2. The minimum Gasteiger partial charge on any atom is -0.343 e. The zero-order chi connectivity index (χ0) is 7.14. The molecule has 1 unspecified atom stereocenters. The van der Waals surface area contributed by atoms with E-state index in [4.69, 9.17) is 0 Å². The van der Waals surface area contributed by atoms with Crippen molar-refractivity contribution in [2.75, 3.05) is 13.1 Å². The Hall–Kier alpha value is -1.06. The van der Waals surface area contributed by atoms with Gasteiger partial charge in [0.2, 0.25) is 0 Å². The van der Waals surface area contributed by atoms with Gasteiger partial charge in [-0.3, -0.25) is 9.59 Å². The van der Waals surface area contributed by atoms with Gasteiger partial charge in [-0.05, 0) is 6.42 Å². The Morgan fingerprint density at radius 3 is 3.10 bits per heavy atom. The summed E-state index contributed by atoms with van der Waals surface area (Å²) in [5.74, 6) is -0.803. The van der Waals surface area contributed by atoms with Crippen LogP contribution in [-0.2, 0) is 9.59 Å². The fourth-order valence-electron chi connectivity index (χ4n) is 1.45. The van der Waals surface area contributed by atoms with Gasteiger partial charge in [0, 0.05) is 19.1 Å². The fraction of sp³-hybridized carbons (Fsp3) is 0.667. The second-order valence-corrected chi connectivity index (χ2v) is 2.71. The predicted molar refractivity (Wildman–Crippen MR) is 33.1 cm³/mol. The normalized spacial score (nSPS) is 30.8. The molecular formula is C6H8N2O2. The fourth-order valence-corrected chi connectivity index (χ4v) is 1.45. The van der Waals surface area contributed by atoms with E-state index in [2.05, 4.69) is 5.32 Å². The minimum absolute atomic E-state index is 0.227. The van der Waals surface area contributed by atoms with Gasteiger partial charge in [0.25, 0.3) is 0 Å². The lowest BCUT2D eigenvalue weighted by Crippen LogP contribution is -2.51. The summed E-state index contributed by atoms with van der Waals surface area (Å²) in [5, 5.41) is 2.63. The van der Waals surface area contributed by atoms with Crippen LogP contribution < -0.4 is 5.32 Å². The average molecular weight is 140 g/mol. The van der Waals surface area contributed by atoms with E-state index in [-0.39, 0.29) is 11.9 Å². The first-order valence-corrected chi connectivity index (χ1v) is 3.37. The van der Waals surface area contributed by atoms with E-state index in [9.17, 15) is 9.59 Å². The third kappa shape index (κ3) is 0.616. The molecule has 0 aromatic heterocycles. The van der Waals surface area contributed by atoms with Gasteiger partial charge in [0.05, 0.1) is 0 Å². The summed E-state index contributed by atoms with van der Waals surface area (Å²) >= 11 is 0. The maximum absolute atomic E-state index is 10.9. The molecule has 0 radical (unpaired) electrons.